The number of hydrogen-bond acceptors (Lipinski definition) is 4. The van der Waals surface area contributed by atoms with E-state index in [1.165, 1.54) is 5.69 Å². The first-order valence-electron chi connectivity index (χ1n) is 6.13. The number of carbonyl (C=O) groups is 1. The fourth-order valence-electron chi connectivity index (χ4n) is 2.19. The van der Waals surface area contributed by atoms with E-state index in [0.717, 1.165) is 25.9 Å². The summed E-state index contributed by atoms with van der Waals surface area (Å²) in [5.74, 6) is 0.0370. The van der Waals surface area contributed by atoms with Gasteiger partial charge in [-0.1, -0.05) is 0 Å². The Labute approximate surface area is 114 Å². The van der Waals surface area contributed by atoms with Crippen LogP contribution in [0.2, 0.25) is 0 Å². The maximum absolute atomic E-state index is 11.6. The van der Waals surface area contributed by atoms with Gasteiger partial charge in [-0.15, -0.1) is 12.4 Å². The number of carbonyl (C=O) groups excluding carboxylic acids is 1. The topological polar surface area (TPSA) is 42.4 Å². The number of esters is 1. The van der Waals surface area contributed by atoms with Crippen LogP contribution in [-0.2, 0) is 9.53 Å². The van der Waals surface area contributed by atoms with Crippen molar-refractivity contribution in [3.63, 3.8) is 0 Å². The molecule has 0 saturated carbocycles. The van der Waals surface area contributed by atoms with Gasteiger partial charge < -0.3 is 9.64 Å². The molecule has 0 radical (unpaired) electrons. The van der Waals surface area contributed by atoms with Crippen LogP contribution in [0, 0.1) is 5.92 Å². The number of anilines is 1. The number of pyridine rings is 1. The molecule has 0 aliphatic carbocycles. The largest absolute Gasteiger partial charge is 0.466 e. The summed E-state index contributed by atoms with van der Waals surface area (Å²) in [4.78, 5) is 17.9. The van der Waals surface area contributed by atoms with Crippen molar-refractivity contribution in [1.82, 2.24) is 4.98 Å². The van der Waals surface area contributed by atoms with Gasteiger partial charge in [0.15, 0.2) is 0 Å². The Morgan fingerprint density at radius 2 is 2.00 bits per heavy atom. The monoisotopic (exact) mass is 270 g/mol. The van der Waals surface area contributed by atoms with E-state index in [1.54, 1.807) is 12.4 Å². The first-order chi connectivity index (χ1) is 8.31. The maximum Gasteiger partial charge on any atom is 0.309 e. The van der Waals surface area contributed by atoms with Crippen molar-refractivity contribution in [3.8, 4) is 0 Å². The van der Waals surface area contributed by atoms with Crippen LogP contribution in [0.25, 0.3) is 0 Å². The molecule has 1 aromatic rings. The molecule has 0 unspecified atom stereocenters. The lowest BCUT2D eigenvalue weighted by molar-refractivity contribution is -0.148. The van der Waals surface area contributed by atoms with E-state index in [-0.39, 0.29) is 24.3 Å². The molecule has 100 valence electrons. The zero-order valence-corrected chi connectivity index (χ0v) is 11.4. The third kappa shape index (κ3) is 3.60. The van der Waals surface area contributed by atoms with Crippen LogP contribution >= 0.6 is 12.4 Å². The molecule has 5 heteroatoms. The van der Waals surface area contributed by atoms with Gasteiger partial charge in [0.05, 0.1) is 12.5 Å². The number of aromatic nitrogens is 1. The second-order valence-corrected chi connectivity index (χ2v) is 4.22. The van der Waals surface area contributed by atoms with Crippen LogP contribution in [0.5, 0.6) is 0 Å². The minimum atomic E-state index is -0.0399. The summed E-state index contributed by atoms with van der Waals surface area (Å²) in [6, 6.07) is 4.01. The normalized spacial score (nSPS) is 15.9. The van der Waals surface area contributed by atoms with Crippen molar-refractivity contribution in [2.45, 2.75) is 19.8 Å². The van der Waals surface area contributed by atoms with E-state index in [2.05, 4.69) is 9.88 Å². The Morgan fingerprint density at radius 1 is 1.39 bits per heavy atom. The molecule has 0 aromatic carbocycles. The van der Waals surface area contributed by atoms with Crippen LogP contribution < -0.4 is 4.90 Å². The van der Waals surface area contributed by atoms with Crippen LogP contribution in [0.3, 0.4) is 0 Å². The van der Waals surface area contributed by atoms with Crippen molar-refractivity contribution >= 4 is 24.1 Å². The average molecular weight is 271 g/mol. The van der Waals surface area contributed by atoms with Gasteiger partial charge in [0.1, 0.15) is 0 Å². The standard InChI is InChI=1S/C13H18N2O2.ClH/c1-2-17-13(16)11-5-9-15(10-6-11)12-3-7-14-8-4-12;/h3-4,7-8,11H,2,5-6,9-10H2,1H3;1H. The zero-order valence-electron chi connectivity index (χ0n) is 10.5. The molecule has 0 amide bonds. The Balaban J connectivity index is 0.00000162. The fourth-order valence-corrected chi connectivity index (χ4v) is 2.19. The first-order valence-corrected chi connectivity index (χ1v) is 6.13. The molecular weight excluding hydrogens is 252 g/mol. The Kier molecular flexibility index (Phi) is 5.92. The van der Waals surface area contributed by atoms with Crippen LogP contribution in [0.4, 0.5) is 5.69 Å². The molecule has 0 atom stereocenters. The summed E-state index contributed by atoms with van der Waals surface area (Å²) in [5.41, 5.74) is 1.18. The van der Waals surface area contributed by atoms with E-state index in [0.29, 0.717) is 6.61 Å². The molecule has 4 nitrogen and oxygen atoms in total. The third-order valence-electron chi connectivity index (χ3n) is 3.14. The summed E-state index contributed by atoms with van der Waals surface area (Å²) >= 11 is 0. The van der Waals surface area contributed by atoms with Crippen molar-refractivity contribution in [2.24, 2.45) is 5.92 Å². The molecule has 0 spiro atoms. The van der Waals surface area contributed by atoms with E-state index >= 15 is 0 Å². The number of hydrogen-bond donors (Lipinski definition) is 0. The maximum atomic E-state index is 11.6. The molecule has 1 aliphatic rings. The zero-order chi connectivity index (χ0) is 12.1. The number of rotatable bonds is 3. The lowest BCUT2D eigenvalue weighted by Crippen LogP contribution is -2.36. The van der Waals surface area contributed by atoms with Gasteiger partial charge in [-0.05, 0) is 31.9 Å². The lowest BCUT2D eigenvalue weighted by Gasteiger charge is -2.32. The average Bonchev–Trinajstić information content (AvgIpc) is 2.40. The summed E-state index contributed by atoms with van der Waals surface area (Å²) in [7, 11) is 0. The predicted molar refractivity (Wildman–Crippen MR) is 73.1 cm³/mol. The van der Waals surface area contributed by atoms with E-state index in [1.807, 2.05) is 19.1 Å². The number of piperidine rings is 1. The summed E-state index contributed by atoms with van der Waals surface area (Å²) in [6.07, 6.45) is 5.35. The van der Waals surface area contributed by atoms with E-state index < -0.39 is 0 Å². The third-order valence-corrected chi connectivity index (χ3v) is 3.14. The molecule has 18 heavy (non-hydrogen) atoms. The SMILES string of the molecule is CCOC(=O)C1CCN(c2ccncc2)CC1.Cl. The number of halogens is 1. The molecular formula is C13H19ClN2O2. The van der Waals surface area contributed by atoms with Crippen LogP contribution in [0.1, 0.15) is 19.8 Å². The smallest absolute Gasteiger partial charge is 0.309 e. The highest BCUT2D eigenvalue weighted by atomic mass is 35.5. The highest BCUT2D eigenvalue weighted by Gasteiger charge is 2.25. The van der Waals surface area contributed by atoms with Gasteiger partial charge in [0.2, 0.25) is 0 Å². The Morgan fingerprint density at radius 3 is 2.56 bits per heavy atom. The second-order valence-electron chi connectivity index (χ2n) is 4.22. The van der Waals surface area contributed by atoms with Crippen molar-refractivity contribution in [1.29, 1.82) is 0 Å². The molecule has 0 N–H and O–H groups in total. The summed E-state index contributed by atoms with van der Waals surface area (Å²) in [6.45, 7) is 4.15. The molecule has 1 aromatic heterocycles. The van der Waals surface area contributed by atoms with E-state index in [4.69, 9.17) is 4.74 Å². The predicted octanol–water partition coefficient (Wildman–Crippen LogP) is 2.28. The van der Waals surface area contributed by atoms with Gasteiger partial charge in [0.25, 0.3) is 0 Å². The lowest BCUT2D eigenvalue weighted by atomic mass is 9.97. The molecule has 1 aliphatic heterocycles. The minimum absolute atomic E-state index is 0. The fraction of sp³-hybridized carbons (Fsp3) is 0.538. The highest BCUT2D eigenvalue weighted by molar-refractivity contribution is 5.85. The number of ether oxygens (including phenoxy) is 1. The quantitative estimate of drug-likeness (QED) is 0.791. The van der Waals surface area contributed by atoms with Crippen LogP contribution in [-0.4, -0.2) is 30.6 Å². The first kappa shape index (κ1) is 14.8. The van der Waals surface area contributed by atoms with Crippen molar-refractivity contribution in [3.05, 3.63) is 24.5 Å². The van der Waals surface area contributed by atoms with Gasteiger partial charge >= 0.3 is 5.97 Å². The second kappa shape index (κ2) is 7.21. The molecule has 2 heterocycles. The molecule has 1 fully saturated rings. The highest BCUT2D eigenvalue weighted by Crippen LogP contribution is 2.23. The van der Waals surface area contributed by atoms with Gasteiger partial charge in [0, 0.05) is 31.2 Å². The number of nitrogens with zero attached hydrogens (tertiary/aromatic N) is 2. The molecule has 2 rings (SSSR count). The minimum Gasteiger partial charge on any atom is -0.466 e. The molecule has 0 bridgehead atoms. The van der Waals surface area contributed by atoms with Gasteiger partial charge in [-0.3, -0.25) is 9.78 Å². The molecule has 1 saturated heterocycles. The van der Waals surface area contributed by atoms with Gasteiger partial charge in [-0.25, -0.2) is 0 Å². The summed E-state index contributed by atoms with van der Waals surface area (Å²) < 4.78 is 5.05. The van der Waals surface area contributed by atoms with Crippen molar-refractivity contribution < 1.29 is 9.53 Å². The summed E-state index contributed by atoms with van der Waals surface area (Å²) in [5, 5.41) is 0. The Hall–Kier alpha value is -1.29. The van der Waals surface area contributed by atoms with Crippen molar-refractivity contribution in [2.75, 3.05) is 24.6 Å². The van der Waals surface area contributed by atoms with Crippen LogP contribution in [0.15, 0.2) is 24.5 Å². The van der Waals surface area contributed by atoms with E-state index in [9.17, 15) is 4.79 Å². The Bertz CT molecular complexity index is 365. The van der Waals surface area contributed by atoms with Gasteiger partial charge in [-0.2, -0.15) is 0 Å².